The molecule has 0 aliphatic heterocycles. The molecule has 0 saturated carbocycles. The van der Waals surface area contributed by atoms with Gasteiger partial charge in [0.2, 0.25) is 0 Å². The Morgan fingerprint density at radius 3 is 2.90 bits per heavy atom. The minimum Gasteiger partial charge on any atom is -0.465 e. The van der Waals surface area contributed by atoms with E-state index in [2.05, 4.69) is 9.71 Å². The molecule has 0 fully saturated rings. The summed E-state index contributed by atoms with van der Waals surface area (Å²) >= 11 is 1.44. The van der Waals surface area contributed by atoms with Crippen molar-refractivity contribution in [1.29, 1.82) is 0 Å². The van der Waals surface area contributed by atoms with Gasteiger partial charge in [0, 0.05) is 29.8 Å². The summed E-state index contributed by atoms with van der Waals surface area (Å²) in [5.41, 5.74) is 2.67. The highest BCUT2D eigenvalue weighted by molar-refractivity contribution is 7.97. The van der Waals surface area contributed by atoms with Gasteiger partial charge in [0.15, 0.2) is 0 Å². The maximum Gasteiger partial charge on any atom is 0.339 e. The van der Waals surface area contributed by atoms with Gasteiger partial charge in [-0.25, -0.2) is 4.79 Å². The summed E-state index contributed by atoms with van der Waals surface area (Å²) in [5.74, 6) is -0.312. The molecule has 0 saturated heterocycles. The third kappa shape index (κ3) is 4.58. The Labute approximate surface area is 129 Å². The molecule has 5 heteroatoms. The second-order valence-electron chi connectivity index (χ2n) is 4.56. The Bertz CT molecular complexity index is 602. The second-order valence-corrected chi connectivity index (χ2v) is 5.49. The van der Waals surface area contributed by atoms with Gasteiger partial charge in [-0.15, -0.1) is 0 Å². The van der Waals surface area contributed by atoms with Crippen molar-refractivity contribution in [3.05, 3.63) is 59.4 Å². The smallest absolute Gasteiger partial charge is 0.339 e. The van der Waals surface area contributed by atoms with E-state index in [4.69, 9.17) is 4.74 Å². The first-order valence-corrected chi connectivity index (χ1v) is 7.51. The van der Waals surface area contributed by atoms with Crippen molar-refractivity contribution < 1.29 is 9.53 Å². The summed E-state index contributed by atoms with van der Waals surface area (Å²) in [7, 11) is 1.40. The minimum absolute atomic E-state index is 0.312. The van der Waals surface area contributed by atoms with Crippen LogP contribution < -0.4 is 4.72 Å². The Morgan fingerprint density at radius 2 is 2.19 bits per heavy atom. The molecule has 0 unspecified atom stereocenters. The Balaban J connectivity index is 1.92. The van der Waals surface area contributed by atoms with Gasteiger partial charge < -0.3 is 4.74 Å². The number of benzene rings is 1. The van der Waals surface area contributed by atoms with Crippen LogP contribution in [0.1, 0.15) is 21.6 Å². The highest BCUT2D eigenvalue weighted by atomic mass is 32.2. The van der Waals surface area contributed by atoms with E-state index in [1.54, 1.807) is 6.20 Å². The Hall–Kier alpha value is -1.85. The number of esters is 1. The van der Waals surface area contributed by atoms with Crippen LogP contribution in [0, 0.1) is 6.92 Å². The summed E-state index contributed by atoms with van der Waals surface area (Å²) in [6.07, 6.45) is 2.63. The number of aryl methyl sites for hydroxylation is 1. The number of nitrogens with zero attached hydrogens (tertiary/aromatic N) is 1. The number of methoxy groups -OCH3 is 1. The van der Waals surface area contributed by atoms with Gasteiger partial charge in [-0.05, 0) is 43.1 Å². The van der Waals surface area contributed by atoms with Crippen molar-refractivity contribution in [3.63, 3.8) is 0 Å². The van der Waals surface area contributed by atoms with Crippen molar-refractivity contribution in [3.8, 4) is 0 Å². The van der Waals surface area contributed by atoms with E-state index in [0.29, 0.717) is 5.56 Å². The topological polar surface area (TPSA) is 51.2 Å². The molecular formula is C16H18N2O2S. The SMILES string of the molecule is COC(=O)c1cc(C)ccc1SNCCc1ccccn1. The third-order valence-electron chi connectivity index (χ3n) is 2.93. The highest BCUT2D eigenvalue weighted by Crippen LogP contribution is 2.22. The van der Waals surface area contributed by atoms with Crippen LogP contribution in [0.5, 0.6) is 0 Å². The normalized spacial score (nSPS) is 10.4. The standard InChI is InChI=1S/C16H18N2O2S/c1-12-6-7-15(14(11-12)16(19)20-2)21-18-10-8-13-5-3-4-9-17-13/h3-7,9,11,18H,8,10H2,1-2H3. The van der Waals surface area contributed by atoms with Crippen LogP contribution in [0.2, 0.25) is 0 Å². The molecule has 2 aromatic rings. The predicted molar refractivity (Wildman–Crippen MR) is 84.3 cm³/mol. The maximum atomic E-state index is 11.8. The Kier molecular flexibility index (Phi) is 5.78. The number of pyridine rings is 1. The number of hydrogen-bond acceptors (Lipinski definition) is 5. The highest BCUT2D eigenvalue weighted by Gasteiger charge is 2.12. The zero-order valence-electron chi connectivity index (χ0n) is 12.1. The number of nitrogens with one attached hydrogen (secondary N) is 1. The molecule has 0 aliphatic rings. The molecule has 1 aromatic heterocycles. The zero-order valence-corrected chi connectivity index (χ0v) is 12.9. The average molecular weight is 302 g/mol. The molecule has 110 valence electrons. The van der Waals surface area contributed by atoms with E-state index >= 15 is 0 Å². The van der Waals surface area contributed by atoms with Crippen LogP contribution in [-0.2, 0) is 11.2 Å². The molecule has 0 aliphatic carbocycles. The predicted octanol–water partition coefficient (Wildman–Crippen LogP) is 3.02. The first-order valence-electron chi connectivity index (χ1n) is 6.69. The fraction of sp³-hybridized carbons (Fsp3) is 0.250. The summed E-state index contributed by atoms with van der Waals surface area (Å²) in [4.78, 5) is 16.9. The molecule has 4 nitrogen and oxygen atoms in total. The number of carbonyl (C=O) groups is 1. The molecule has 1 N–H and O–H groups in total. The van der Waals surface area contributed by atoms with Crippen molar-refractivity contribution in [2.24, 2.45) is 0 Å². The molecule has 0 spiro atoms. The van der Waals surface area contributed by atoms with Crippen molar-refractivity contribution in [2.75, 3.05) is 13.7 Å². The fourth-order valence-electron chi connectivity index (χ4n) is 1.86. The average Bonchev–Trinajstić information content (AvgIpc) is 2.53. The van der Waals surface area contributed by atoms with Gasteiger partial charge in [0.05, 0.1) is 12.7 Å². The molecular weight excluding hydrogens is 284 g/mol. The van der Waals surface area contributed by atoms with Crippen LogP contribution in [-0.4, -0.2) is 24.6 Å². The lowest BCUT2D eigenvalue weighted by Crippen LogP contribution is -2.11. The van der Waals surface area contributed by atoms with Crippen molar-refractivity contribution in [1.82, 2.24) is 9.71 Å². The van der Waals surface area contributed by atoms with Crippen molar-refractivity contribution >= 4 is 17.9 Å². The van der Waals surface area contributed by atoms with Crippen LogP contribution in [0.25, 0.3) is 0 Å². The monoisotopic (exact) mass is 302 g/mol. The molecule has 0 atom stereocenters. The first kappa shape index (κ1) is 15.5. The Morgan fingerprint density at radius 1 is 1.33 bits per heavy atom. The molecule has 21 heavy (non-hydrogen) atoms. The zero-order chi connectivity index (χ0) is 15.1. The van der Waals surface area contributed by atoms with Crippen molar-refractivity contribution in [2.45, 2.75) is 18.2 Å². The molecule has 0 amide bonds. The lowest BCUT2D eigenvalue weighted by Gasteiger charge is -2.09. The molecule has 1 heterocycles. The van der Waals surface area contributed by atoms with Crippen LogP contribution in [0.3, 0.4) is 0 Å². The van der Waals surface area contributed by atoms with E-state index in [9.17, 15) is 4.79 Å². The molecule has 0 radical (unpaired) electrons. The number of rotatable bonds is 6. The van der Waals surface area contributed by atoms with Gasteiger partial charge in [0.25, 0.3) is 0 Å². The van der Waals surface area contributed by atoms with E-state index in [1.165, 1.54) is 19.1 Å². The molecule has 0 bridgehead atoms. The summed E-state index contributed by atoms with van der Waals surface area (Å²) in [5, 5.41) is 0. The third-order valence-corrected chi connectivity index (χ3v) is 3.86. The van der Waals surface area contributed by atoms with Gasteiger partial charge in [0.1, 0.15) is 0 Å². The number of carbonyl (C=O) groups excluding carboxylic acids is 1. The van der Waals surface area contributed by atoms with Gasteiger partial charge >= 0.3 is 5.97 Å². The van der Waals surface area contributed by atoms with Gasteiger partial charge in [-0.2, -0.15) is 0 Å². The van der Waals surface area contributed by atoms with Crippen LogP contribution in [0.15, 0.2) is 47.5 Å². The quantitative estimate of drug-likeness (QED) is 0.505. The minimum atomic E-state index is -0.312. The summed E-state index contributed by atoms with van der Waals surface area (Å²) in [6.45, 7) is 2.73. The lowest BCUT2D eigenvalue weighted by molar-refractivity contribution is 0.0596. The number of aromatic nitrogens is 1. The van der Waals surface area contributed by atoms with E-state index in [0.717, 1.165) is 29.1 Å². The first-order chi connectivity index (χ1) is 10.2. The fourth-order valence-corrected chi connectivity index (χ4v) is 2.60. The van der Waals surface area contributed by atoms with E-state index in [1.807, 2.05) is 43.3 Å². The van der Waals surface area contributed by atoms with Gasteiger partial charge in [-0.1, -0.05) is 17.7 Å². The summed E-state index contributed by atoms with van der Waals surface area (Å²) < 4.78 is 8.08. The molecule has 1 aromatic carbocycles. The summed E-state index contributed by atoms with van der Waals surface area (Å²) in [6, 6.07) is 11.6. The number of ether oxygens (including phenoxy) is 1. The lowest BCUT2D eigenvalue weighted by atomic mass is 10.1. The van der Waals surface area contributed by atoms with E-state index < -0.39 is 0 Å². The number of hydrogen-bond donors (Lipinski definition) is 1. The van der Waals surface area contributed by atoms with E-state index in [-0.39, 0.29) is 5.97 Å². The second kappa shape index (κ2) is 7.81. The maximum absolute atomic E-state index is 11.8. The van der Waals surface area contributed by atoms with Crippen LogP contribution in [0.4, 0.5) is 0 Å². The van der Waals surface area contributed by atoms with Gasteiger partial charge in [-0.3, -0.25) is 9.71 Å². The molecule has 2 rings (SSSR count). The largest absolute Gasteiger partial charge is 0.465 e. The van der Waals surface area contributed by atoms with Crippen LogP contribution >= 0.6 is 11.9 Å².